The van der Waals surface area contributed by atoms with Crippen molar-refractivity contribution >= 4 is 11.4 Å². The average molecular weight is 231 g/mol. The predicted molar refractivity (Wildman–Crippen MR) is 72.2 cm³/mol. The number of anilines is 2. The van der Waals surface area contributed by atoms with Gasteiger partial charge in [0.05, 0.1) is 0 Å². The van der Waals surface area contributed by atoms with Crippen LogP contribution in [0.15, 0.2) is 24.3 Å². The summed E-state index contributed by atoms with van der Waals surface area (Å²) in [6.45, 7) is 6.96. The summed E-state index contributed by atoms with van der Waals surface area (Å²) in [5.74, 6) is 0. The highest BCUT2D eigenvalue weighted by atomic mass is 15.4. The number of fused-ring (bicyclic) bond motifs is 2. The zero-order valence-corrected chi connectivity index (χ0v) is 10.6. The minimum Gasteiger partial charge on any atom is -0.399 e. The number of hydrogen-bond donors (Lipinski definition) is 1. The van der Waals surface area contributed by atoms with E-state index in [1.807, 2.05) is 6.07 Å². The van der Waals surface area contributed by atoms with Gasteiger partial charge in [0.15, 0.2) is 0 Å². The van der Waals surface area contributed by atoms with Gasteiger partial charge in [-0.05, 0) is 38.5 Å². The van der Waals surface area contributed by atoms with Crippen molar-refractivity contribution in [2.75, 3.05) is 23.7 Å². The Labute approximate surface area is 103 Å². The van der Waals surface area contributed by atoms with Crippen molar-refractivity contribution in [1.82, 2.24) is 4.90 Å². The van der Waals surface area contributed by atoms with E-state index in [4.69, 9.17) is 5.73 Å². The fourth-order valence-corrected chi connectivity index (χ4v) is 3.35. The van der Waals surface area contributed by atoms with Crippen molar-refractivity contribution in [2.45, 2.75) is 38.4 Å². The number of nitrogens with zero attached hydrogens (tertiary/aromatic N) is 2. The minimum absolute atomic E-state index is 0.674. The van der Waals surface area contributed by atoms with Crippen LogP contribution in [-0.2, 0) is 0 Å². The summed E-state index contributed by atoms with van der Waals surface area (Å²) < 4.78 is 0. The molecule has 0 amide bonds. The van der Waals surface area contributed by atoms with Gasteiger partial charge in [-0.3, -0.25) is 4.90 Å². The molecule has 0 aromatic heterocycles. The largest absolute Gasteiger partial charge is 0.399 e. The van der Waals surface area contributed by atoms with Crippen LogP contribution in [0.2, 0.25) is 0 Å². The Morgan fingerprint density at radius 2 is 2.06 bits per heavy atom. The average Bonchev–Trinajstić information content (AvgIpc) is 2.87. The second-order valence-corrected chi connectivity index (χ2v) is 5.58. The number of nitrogens with two attached hydrogens (primary N) is 1. The standard InChI is InChI=1S/C14H21N3/c1-10(2)16-8-14-7-13(16)9-17(14)12-5-3-4-11(15)6-12/h3-6,10,13-14H,7-9,15H2,1-2H3/t13-,14-/m1/s1. The van der Waals surface area contributed by atoms with Gasteiger partial charge in [-0.25, -0.2) is 0 Å². The van der Waals surface area contributed by atoms with E-state index in [1.165, 1.54) is 18.7 Å². The summed E-state index contributed by atoms with van der Waals surface area (Å²) in [4.78, 5) is 5.16. The second kappa shape index (κ2) is 3.91. The van der Waals surface area contributed by atoms with Crippen LogP contribution in [0.3, 0.4) is 0 Å². The normalized spacial score (nSPS) is 28.3. The van der Waals surface area contributed by atoms with Crippen molar-refractivity contribution in [3.63, 3.8) is 0 Å². The van der Waals surface area contributed by atoms with Crippen molar-refractivity contribution in [2.24, 2.45) is 0 Å². The monoisotopic (exact) mass is 231 g/mol. The van der Waals surface area contributed by atoms with E-state index in [-0.39, 0.29) is 0 Å². The zero-order chi connectivity index (χ0) is 12.0. The van der Waals surface area contributed by atoms with Gasteiger partial charge in [0.1, 0.15) is 0 Å². The Morgan fingerprint density at radius 1 is 1.24 bits per heavy atom. The lowest BCUT2D eigenvalue weighted by molar-refractivity contribution is 0.191. The number of hydrogen-bond acceptors (Lipinski definition) is 3. The Hall–Kier alpha value is -1.22. The van der Waals surface area contributed by atoms with Gasteiger partial charge in [-0.2, -0.15) is 0 Å². The lowest BCUT2D eigenvalue weighted by Crippen LogP contribution is -2.48. The Balaban J connectivity index is 1.78. The predicted octanol–water partition coefficient (Wildman–Crippen LogP) is 1.94. The molecule has 0 aliphatic carbocycles. The molecule has 2 bridgehead atoms. The molecule has 2 fully saturated rings. The molecule has 0 radical (unpaired) electrons. The van der Waals surface area contributed by atoms with E-state index < -0.39 is 0 Å². The lowest BCUT2D eigenvalue weighted by atomic mass is 10.2. The molecular formula is C14H21N3. The van der Waals surface area contributed by atoms with Gasteiger partial charge in [0.2, 0.25) is 0 Å². The van der Waals surface area contributed by atoms with E-state index in [2.05, 4.69) is 41.8 Å². The van der Waals surface area contributed by atoms with E-state index >= 15 is 0 Å². The molecule has 0 spiro atoms. The summed E-state index contributed by atoms with van der Waals surface area (Å²) in [5.41, 5.74) is 8.02. The van der Waals surface area contributed by atoms with Gasteiger partial charge >= 0.3 is 0 Å². The number of likely N-dealkylation sites (tertiary alicyclic amines) is 1. The van der Waals surface area contributed by atoms with Crippen LogP contribution in [0, 0.1) is 0 Å². The third kappa shape index (κ3) is 1.78. The molecule has 2 aliphatic rings. The highest BCUT2D eigenvalue weighted by Gasteiger charge is 2.43. The molecule has 3 nitrogen and oxygen atoms in total. The fraction of sp³-hybridized carbons (Fsp3) is 0.571. The van der Waals surface area contributed by atoms with Crippen LogP contribution < -0.4 is 10.6 Å². The first-order valence-electron chi connectivity index (χ1n) is 6.53. The van der Waals surface area contributed by atoms with Gasteiger partial charge in [-0.1, -0.05) is 6.07 Å². The third-order valence-electron chi connectivity index (χ3n) is 4.15. The molecule has 2 N–H and O–H groups in total. The first-order chi connectivity index (χ1) is 8.15. The maximum atomic E-state index is 5.86. The molecule has 17 heavy (non-hydrogen) atoms. The smallest absolute Gasteiger partial charge is 0.0433 e. The number of piperazine rings is 1. The third-order valence-corrected chi connectivity index (χ3v) is 4.15. The van der Waals surface area contributed by atoms with Crippen molar-refractivity contribution in [3.05, 3.63) is 24.3 Å². The summed E-state index contributed by atoms with van der Waals surface area (Å²) in [6.07, 6.45) is 1.31. The molecule has 1 aromatic carbocycles. The zero-order valence-electron chi connectivity index (χ0n) is 10.6. The maximum absolute atomic E-state index is 5.86. The van der Waals surface area contributed by atoms with Crippen LogP contribution >= 0.6 is 0 Å². The van der Waals surface area contributed by atoms with Crippen LogP contribution in [-0.4, -0.2) is 36.1 Å². The maximum Gasteiger partial charge on any atom is 0.0433 e. The summed E-state index contributed by atoms with van der Waals surface area (Å²) in [7, 11) is 0. The first kappa shape index (κ1) is 10.9. The topological polar surface area (TPSA) is 32.5 Å². The van der Waals surface area contributed by atoms with Gasteiger partial charge < -0.3 is 10.6 Å². The molecular weight excluding hydrogens is 210 g/mol. The SMILES string of the molecule is CC(C)N1C[C@H]2C[C@@H]1CN2c1cccc(N)c1. The molecule has 2 saturated heterocycles. The summed E-state index contributed by atoms with van der Waals surface area (Å²) in [6, 6.07) is 10.4. The Morgan fingerprint density at radius 3 is 2.65 bits per heavy atom. The van der Waals surface area contributed by atoms with Gasteiger partial charge in [-0.15, -0.1) is 0 Å². The fourth-order valence-electron chi connectivity index (χ4n) is 3.35. The molecule has 2 aliphatic heterocycles. The van der Waals surface area contributed by atoms with E-state index in [0.717, 1.165) is 18.3 Å². The van der Waals surface area contributed by atoms with Crippen molar-refractivity contribution < 1.29 is 0 Å². The highest BCUT2D eigenvalue weighted by molar-refractivity contribution is 5.57. The minimum atomic E-state index is 0.674. The van der Waals surface area contributed by atoms with E-state index in [1.54, 1.807) is 0 Å². The Bertz CT molecular complexity index is 416. The second-order valence-electron chi connectivity index (χ2n) is 5.58. The number of benzene rings is 1. The van der Waals surface area contributed by atoms with Crippen LogP contribution in [0.1, 0.15) is 20.3 Å². The number of rotatable bonds is 2. The quantitative estimate of drug-likeness (QED) is 0.790. The molecule has 0 saturated carbocycles. The van der Waals surface area contributed by atoms with Crippen LogP contribution in [0.4, 0.5) is 11.4 Å². The van der Waals surface area contributed by atoms with Gasteiger partial charge in [0, 0.05) is 42.6 Å². The van der Waals surface area contributed by atoms with Crippen LogP contribution in [0.5, 0.6) is 0 Å². The van der Waals surface area contributed by atoms with Crippen molar-refractivity contribution in [1.29, 1.82) is 0 Å². The summed E-state index contributed by atoms with van der Waals surface area (Å²) >= 11 is 0. The molecule has 1 aromatic rings. The summed E-state index contributed by atoms with van der Waals surface area (Å²) in [5, 5.41) is 0. The molecule has 0 unspecified atom stereocenters. The van der Waals surface area contributed by atoms with E-state index in [0.29, 0.717) is 12.1 Å². The molecule has 3 rings (SSSR count). The Kier molecular flexibility index (Phi) is 2.51. The molecule has 2 heterocycles. The van der Waals surface area contributed by atoms with E-state index in [9.17, 15) is 0 Å². The molecule has 92 valence electrons. The van der Waals surface area contributed by atoms with Crippen molar-refractivity contribution in [3.8, 4) is 0 Å². The van der Waals surface area contributed by atoms with Gasteiger partial charge in [0.25, 0.3) is 0 Å². The highest BCUT2D eigenvalue weighted by Crippen LogP contribution is 2.35. The number of nitrogen functional groups attached to an aromatic ring is 1. The molecule has 2 atom stereocenters. The van der Waals surface area contributed by atoms with Crippen LogP contribution in [0.25, 0.3) is 0 Å². The lowest BCUT2D eigenvalue weighted by Gasteiger charge is -2.37. The molecule has 3 heteroatoms. The first-order valence-corrected chi connectivity index (χ1v) is 6.53.